The van der Waals surface area contributed by atoms with E-state index in [1.165, 1.54) is 0 Å². The van der Waals surface area contributed by atoms with E-state index < -0.39 is 0 Å². The van der Waals surface area contributed by atoms with E-state index in [-0.39, 0.29) is 0 Å². The number of ether oxygens (including phenoxy) is 1. The Kier molecular flexibility index (Phi) is 2.80. The number of hydrogen-bond acceptors (Lipinski definition) is 3. The maximum atomic E-state index is 5.89. The highest BCUT2D eigenvalue weighted by Gasteiger charge is 2.07. The summed E-state index contributed by atoms with van der Waals surface area (Å²) >= 11 is 0. The molecule has 3 nitrogen and oxygen atoms in total. The molecule has 0 fully saturated rings. The molecule has 0 aliphatic heterocycles. The van der Waals surface area contributed by atoms with Gasteiger partial charge in [-0.3, -0.25) is 0 Å². The first-order valence-electron chi connectivity index (χ1n) is 6.07. The normalized spacial score (nSPS) is 10.6. The van der Waals surface area contributed by atoms with Gasteiger partial charge in [0.1, 0.15) is 11.6 Å². The van der Waals surface area contributed by atoms with Crippen LogP contribution in [0.25, 0.3) is 22.0 Å². The highest BCUT2D eigenvalue weighted by atomic mass is 16.5. The molecule has 1 aromatic heterocycles. The third-order valence-corrected chi connectivity index (χ3v) is 3.12. The van der Waals surface area contributed by atoms with Crippen LogP contribution in [0, 0.1) is 0 Å². The fourth-order valence-corrected chi connectivity index (χ4v) is 2.23. The molecule has 3 heteroatoms. The van der Waals surface area contributed by atoms with Gasteiger partial charge in [0.2, 0.25) is 0 Å². The van der Waals surface area contributed by atoms with E-state index in [1.807, 2.05) is 48.5 Å². The van der Waals surface area contributed by atoms with Crippen molar-refractivity contribution in [2.45, 2.75) is 0 Å². The Bertz CT molecular complexity index is 738. The maximum Gasteiger partial charge on any atom is 0.124 e. The van der Waals surface area contributed by atoms with Crippen molar-refractivity contribution in [3.05, 3.63) is 54.6 Å². The van der Waals surface area contributed by atoms with Crippen molar-refractivity contribution in [3.8, 4) is 16.9 Å². The number of anilines is 1. The van der Waals surface area contributed by atoms with E-state index in [2.05, 4.69) is 11.1 Å². The smallest absolute Gasteiger partial charge is 0.124 e. The summed E-state index contributed by atoms with van der Waals surface area (Å²) in [7, 11) is 1.66. The number of nitrogen functional groups attached to an aromatic ring is 1. The Morgan fingerprint density at radius 2 is 1.84 bits per heavy atom. The standard InChI is InChI=1S/C16H14N2O/c1-19-12-6-4-5-11(9-12)14-10-16(17)18-15-8-3-2-7-13(14)15/h2-10H,1H3,(H2,17,18). The minimum atomic E-state index is 0.525. The molecule has 0 atom stereocenters. The number of benzene rings is 2. The molecule has 1 heterocycles. The van der Waals surface area contributed by atoms with Crippen molar-refractivity contribution >= 4 is 16.7 Å². The zero-order valence-electron chi connectivity index (χ0n) is 10.6. The zero-order valence-corrected chi connectivity index (χ0v) is 10.6. The average molecular weight is 250 g/mol. The van der Waals surface area contributed by atoms with Gasteiger partial charge >= 0.3 is 0 Å². The van der Waals surface area contributed by atoms with Crippen molar-refractivity contribution < 1.29 is 4.74 Å². The van der Waals surface area contributed by atoms with Crippen LogP contribution in [0.15, 0.2) is 54.6 Å². The number of pyridine rings is 1. The zero-order chi connectivity index (χ0) is 13.2. The van der Waals surface area contributed by atoms with Crippen LogP contribution in [0.1, 0.15) is 0 Å². The Labute approximate surface area is 111 Å². The predicted molar refractivity (Wildman–Crippen MR) is 78.1 cm³/mol. The lowest BCUT2D eigenvalue weighted by Crippen LogP contribution is -1.93. The van der Waals surface area contributed by atoms with E-state index >= 15 is 0 Å². The average Bonchev–Trinajstić information content (AvgIpc) is 2.46. The summed E-state index contributed by atoms with van der Waals surface area (Å²) in [5.41, 5.74) is 8.94. The molecular formula is C16H14N2O. The van der Waals surface area contributed by atoms with Crippen LogP contribution in [0.5, 0.6) is 5.75 Å². The summed E-state index contributed by atoms with van der Waals surface area (Å²) in [4.78, 5) is 4.35. The molecule has 0 unspecified atom stereocenters. The van der Waals surface area contributed by atoms with Gasteiger partial charge in [-0.15, -0.1) is 0 Å². The molecule has 0 amide bonds. The van der Waals surface area contributed by atoms with Crippen LogP contribution in [-0.2, 0) is 0 Å². The van der Waals surface area contributed by atoms with E-state index in [9.17, 15) is 0 Å². The van der Waals surface area contributed by atoms with Gasteiger partial charge in [-0.25, -0.2) is 4.98 Å². The topological polar surface area (TPSA) is 48.1 Å². The third kappa shape index (κ3) is 2.10. The SMILES string of the molecule is COc1cccc(-c2cc(N)nc3ccccc23)c1. The molecule has 19 heavy (non-hydrogen) atoms. The van der Waals surface area contributed by atoms with Crippen molar-refractivity contribution in [2.75, 3.05) is 12.8 Å². The van der Waals surface area contributed by atoms with Crippen LogP contribution in [-0.4, -0.2) is 12.1 Å². The Hall–Kier alpha value is -2.55. The third-order valence-electron chi connectivity index (χ3n) is 3.12. The molecule has 3 aromatic rings. The molecule has 0 saturated carbocycles. The molecule has 0 saturated heterocycles. The number of fused-ring (bicyclic) bond motifs is 1. The van der Waals surface area contributed by atoms with Crippen LogP contribution in [0.2, 0.25) is 0 Å². The van der Waals surface area contributed by atoms with E-state index in [0.717, 1.165) is 27.8 Å². The largest absolute Gasteiger partial charge is 0.497 e. The molecule has 2 N–H and O–H groups in total. The molecular weight excluding hydrogens is 236 g/mol. The van der Waals surface area contributed by atoms with Crippen molar-refractivity contribution in [2.24, 2.45) is 0 Å². The summed E-state index contributed by atoms with van der Waals surface area (Å²) in [6.07, 6.45) is 0. The Morgan fingerprint density at radius 1 is 1.00 bits per heavy atom. The minimum Gasteiger partial charge on any atom is -0.497 e. The predicted octanol–water partition coefficient (Wildman–Crippen LogP) is 3.49. The van der Waals surface area contributed by atoms with Crippen LogP contribution >= 0.6 is 0 Å². The summed E-state index contributed by atoms with van der Waals surface area (Å²) in [5, 5.41) is 1.09. The van der Waals surface area contributed by atoms with Crippen LogP contribution < -0.4 is 10.5 Å². The monoisotopic (exact) mass is 250 g/mol. The number of rotatable bonds is 2. The lowest BCUT2D eigenvalue weighted by molar-refractivity contribution is 0.415. The number of nitrogens with two attached hydrogens (primary N) is 1. The van der Waals surface area contributed by atoms with Gasteiger partial charge in [0.05, 0.1) is 12.6 Å². The molecule has 94 valence electrons. The Balaban J connectivity index is 2.29. The lowest BCUT2D eigenvalue weighted by Gasteiger charge is -2.09. The van der Waals surface area contributed by atoms with Gasteiger partial charge < -0.3 is 10.5 Å². The summed E-state index contributed by atoms with van der Waals surface area (Å²) < 4.78 is 5.27. The van der Waals surface area contributed by atoms with Crippen molar-refractivity contribution in [3.63, 3.8) is 0 Å². The van der Waals surface area contributed by atoms with Crippen LogP contribution in [0.4, 0.5) is 5.82 Å². The molecule has 0 aliphatic carbocycles. The second-order valence-corrected chi connectivity index (χ2v) is 4.34. The summed E-state index contributed by atoms with van der Waals surface area (Å²) in [6.45, 7) is 0. The molecule has 0 radical (unpaired) electrons. The van der Waals surface area contributed by atoms with E-state index in [1.54, 1.807) is 7.11 Å². The van der Waals surface area contributed by atoms with Crippen molar-refractivity contribution in [1.29, 1.82) is 0 Å². The lowest BCUT2D eigenvalue weighted by atomic mass is 10.0. The van der Waals surface area contributed by atoms with Gasteiger partial charge in [0, 0.05) is 5.39 Å². The molecule has 0 spiro atoms. The number of aromatic nitrogens is 1. The molecule has 2 aromatic carbocycles. The second-order valence-electron chi connectivity index (χ2n) is 4.34. The van der Waals surface area contributed by atoms with Gasteiger partial charge in [0.25, 0.3) is 0 Å². The molecule has 3 rings (SSSR count). The fourth-order valence-electron chi connectivity index (χ4n) is 2.23. The highest BCUT2D eigenvalue weighted by molar-refractivity contribution is 5.96. The van der Waals surface area contributed by atoms with E-state index in [4.69, 9.17) is 10.5 Å². The first-order chi connectivity index (χ1) is 9.28. The highest BCUT2D eigenvalue weighted by Crippen LogP contribution is 2.31. The number of methoxy groups -OCH3 is 1. The first-order valence-corrected chi connectivity index (χ1v) is 6.07. The van der Waals surface area contributed by atoms with Gasteiger partial charge in [-0.05, 0) is 35.4 Å². The molecule has 0 aliphatic rings. The quantitative estimate of drug-likeness (QED) is 0.757. The second kappa shape index (κ2) is 4.61. The number of para-hydroxylation sites is 1. The number of hydrogen-bond donors (Lipinski definition) is 1. The van der Waals surface area contributed by atoms with Gasteiger partial charge in [-0.1, -0.05) is 30.3 Å². The number of nitrogens with zero attached hydrogens (tertiary/aromatic N) is 1. The summed E-state index contributed by atoms with van der Waals surface area (Å²) in [6, 6.07) is 17.8. The first kappa shape index (κ1) is 11.5. The molecule has 0 bridgehead atoms. The fraction of sp³-hybridized carbons (Fsp3) is 0.0625. The summed E-state index contributed by atoms with van der Waals surface area (Å²) in [5.74, 6) is 1.36. The van der Waals surface area contributed by atoms with E-state index in [0.29, 0.717) is 5.82 Å². The maximum absolute atomic E-state index is 5.89. The van der Waals surface area contributed by atoms with Gasteiger partial charge in [0.15, 0.2) is 0 Å². The van der Waals surface area contributed by atoms with Gasteiger partial charge in [-0.2, -0.15) is 0 Å². The van der Waals surface area contributed by atoms with Crippen molar-refractivity contribution in [1.82, 2.24) is 4.98 Å². The minimum absolute atomic E-state index is 0.525. The van der Waals surface area contributed by atoms with Crippen LogP contribution in [0.3, 0.4) is 0 Å². The Morgan fingerprint density at radius 3 is 2.68 bits per heavy atom.